The molecule has 0 unspecified atom stereocenters. The maximum atomic E-state index is 5.81. The van der Waals surface area contributed by atoms with Crippen molar-refractivity contribution in [1.82, 2.24) is 9.55 Å². The van der Waals surface area contributed by atoms with Crippen molar-refractivity contribution in [2.24, 2.45) is 0 Å². The minimum absolute atomic E-state index is 0.170. The number of aromatic nitrogens is 2. The van der Waals surface area contributed by atoms with Crippen LogP contribution in [0.3, 0.4) is 0 Å². The number of ether oxygens (including phenoxy) is 1. The summed E-state index contributed by atoms with van der Waals surface area (Å²) in [5.74, 6) is 0.893. The molecule has 4 nitrogen and oxygen atoms in total. The molecule has 20 heavy (non-hydrogen) atoms. The molecule has 2 aromatic rings. The highest BCUT2D eigenvalue weighted by molar-refractivity contribution is 5.56. The standard InChI is InChI=1S/C16H23N3O/c1-4-9-19-12-17-10-14(19)11-18-15-7-5-6-8-16(15)20-13(2)3/h5-8,10,12-13,18H,4,9,11H2,1-3H3. The van der Waals surface area contributed by atoms with Crippen molar-refractivity contribution in [2.75, 3.05) is 5.32 Å². The SMILES string of the molecule is CCCn1cncc1CNc1ccccc1OC(C)C. The molecule has 2 rings (SSSR count). The molecular formula is C16H23N3O. The molecule has 1 N–H and O–H groups in total. The van der Waals surface area contributed by atoms with Crippen LogP contribution in [0.4, 0.5) is 5.69 Å². The fraction of sp³-hybridized carbons (Fsp3) is 0.438. The van der Waals surface area contributed by atoms with E-state index in [9.17, 15) is 0 Å². The van der Waals surface area contributed by atoms with Gasteiger partial charge in [0.2, 0.25) is 0 Å². The van der Waals surface area contributed by atoms with E-state index in [1.54, 1.807) is 0 Å². The zero-order valence-electron chi connectivity index (χ0n) is 12.5. The number of nitrogens with zero attached hydrogens (tertiary/aromatic N) is 2. The van der Waals surface area contributed by atoms with Crippen molar-refractivity contribution in [3.05, 3.63) is 42.5 Å². The van der Waals surface area contributed by atoms with Gasteiger partial charge < -0.3 is 14.6 Å². The minimum atomic E-state index is 0.170. The Morgan fingerprint density at radius 2 is 2.10 bits per heavy atom. The second-order valence-electron chi connectivity index (χ2n) is 5.09. The quantitative estimate of drug-likeness (QED) is 0.836. The highest BCUT2D eigenvalue weighted by Crippen LogP contribution is 2.25. The van der Waals surface area contributed by atoms with E-state index >= 15 is 0 Å². The lowest BCUT2D eigenvalue weighted by Crippen LogP contribution is -2.10. The van der Waals surface area contributed by atoms with Crippen LogP contribution in [0.1, 0.15) is 32.9 Å². The average Bonchev–Trinajstić information content (AvgIpc) is 2.85. The lowest BCUT2D eigenvalue weighted by Gasteiger charge is -2.15. The van der Waals surface area contributed by atoms with Gasteiger partial charge in [-0.25, -0.2) is 4.98 Å². The van der Waals surface area contributed by atoms with Crippen LogP contribution in [0.2, 0.25) is 0 Å². The summed E-state index contributed by atoms with van der Waals surface area (Å²) in [6.07, 6.45) is 5.07. The Hall–Kier alpha value is -1.97. The van der Waals surface area contributed by atoms with Crippen molar-refractivity contribution in [1.29, 1.82) is 0 Å². The molecule has 0 aliphatic rings. The van der Waals surface area contributed by atoms with Crippen molar-refractivity contribution in [3.63, 3.8) is 0 Å². The summed E-state index contributed by atoms with van der Waals surface area (Å²) in [6, 6.07) is 8.03. The summed E-state index contributed by atoms with van der Waals surface area (Å²) in [4.78, 5) is 4.22. The van der Waals surface area contributed by atoms with Gasteiger partial charge in [-0.3, -0.25) is 0 Å². The van der Waals surface area contributed by atoms with Crippen molar-refractivity contribution in [2.45, 2.75) is 46.4 Å². The number of para-hydroxylation sites is 2. The van der Waals surface area contributed by atoms with Gasteiger partial charge in [0, 0.05) is 12.7 Å². The highest BCUT2D eigenvalue weighted by Gasteiger charge is 2.06. The third-order valence-electron chi connectivity index (χ3n) is 2.97. The molecule has 0 aliphatic carbocycles. The minimum Gasteiger partial charge on any atom is -0.489 e. The van der Waals surface area contributed by atoms with Crippen LogP contribution in [0.25, 0.3) is 0 Å². The van der Waals surface area contributed by atoms with Crippen molar-refractivity contribution >= 4 is 5.69 Å². The molecule has 1 aromatic carbocycles. The van der Waals surface area contributed by atoms with Gasteiger partial charge in [0.1, 0.15) is 5.75 Å². The van der Waals surface area contributed by atoms with Gasteiger partial charge in [0.05, 0.1) is 30.4 Å². The van der Waals surface area contributed by atoms with Crippen LogP contribution in [0.15, 0.2) is 36.8 Å². The van der Waals surface area contributed by atoms with Crippen LogP contribution < -0.4 is 10.1 Å². The molecular weight excluding hydrogens is 250 g/mol. The number of rotatable bonds is 7. The molecule has 4 heteroatoms. The molecule has 0 aliphatic heterocycles. The number of anilines is 1. The van der Waals surface area contributed by atoms with Crippen LogP contribution >= 0.6 is 0 Å². The number of aryl methyl sites for hydroxylation is 1. The first-order valence-electron chi connectivity index (χ1n) is 7.19. The Kier molecular flexibility index (Phi) is 5.04. The van der Waals surface area contributed by atoms with Gasteiger partial charge >= 0.3 is 0 Å². The zero-order valence-corrected chi connectivity index (χ0v) is 12.5. The number of benzene rings is 1. The number of hydrogen-bond acceptors (Lipinski definition) is 3. The molecule has 1 heterocycles. The lowest BCUT2D eigenvalue weighted by atomic mass is 10.2. The highest BCUT2D eigenvalue weighted by atomic mass is 16.5. The average molecular weight is 273 g/mol. The van der Waals surface area contributed by atoms with Crippen molar-refractivity contribution in [3.8, 4) is 5.75 Å². The molecule has 1 aromatic heterocycles. The summed E-state index contributed by atoms with van der Waals surface area (Å²) < 4.78 is 7.99. The summed E-state index contributed by atoms with van der Waals surface area (Å²) in [5.41, 5.74) is 2.21. The largest absolute Gasteiger partial charge is 0.489 e. The third kappa shape index (κ3) is 3.76. The van der Waals surface area contributed by atoms with E-state index in [-0.39, 0.29) is 6.10 Å². The molecule has 0 radical (unpaired) electrons. The Morgan fingerprint density at radius 3 is 2.85 bits per heavy atom. The van der Waals surface area contributed by atoms with Gasteiger partial charge in [-0.05, 0) is 32.4 Å². The molecule has 0 amide bonds. The van der Waals surface area contributed by atoms with Crippen LogP contribution in [-0.2, 0) is 13.1 Å². The number of nitrogens with one attached hydrogen (secondary N) is 1. The van der Waals surface area contributed by atoms with Gasteiger partial charge in [0.15, 0.2) is 0 Å². The summed E-state index contributed by atoms with van der Waals surface area (Å²) >= 11 is 0. The fourth-order valence-corrected chi connectivity index (χ4v) is 2.09. The molecule has 0 fully saturated rings. The normalized spacial score (nSPS) is 10.8. The maximum Gasteiger partial charge on any atom is 0.142 e. The fourth-order valence-electron chi connectivity index (χ4n) is 2.09. The Labute approximate surface area is 120 Å². The van der Waals surface area contributed by atoms with E-state index in [1.807, 2.05) is 50.6 Å². The zero-order chi connectivity index (χ0) is 14.4. The van der Waals surface area contributed by atoms with E-state index < -0.39 is 0 Å². The van der Waals surface area contributed by atoms with E-state index in [4.69, 9.17) is 4.74 Å². The Morgan fingerprint density at radius 1 is 1.30 bits per heavy atom. The van der Waals surface area contributed by atoms with Gasteiger partial charge in [-0.15, -0.1) is 0 Å². The first kappa shape index (κ1) is 14.4. The maximum absolute atomic E-state index is 5.81. The lowest BCUT2D eigenvalue weighted by molar-refractivity contribution is 0.243. The van der Waals surface area contributed by atoms with Crippen LogP contribution in [-0.4, -0.2) is 15.7 Å². The monoisotopic (exact) mass is 273 g/mol. The topological polar surface area (TPSA) is 39.1 Å². The van der Waals surface area contributed by atoms with Crippen LogP contribution in [0, 0.1) is 0 Å². The first-order chi connectivity index (χ1) is 9.70. The molecule has 0 spiro atoms. The first-order valence-corrected chi connectivity index (χ1v) is 7.19. The number of imidazole rings is 1. The Balaban J connectivity index is 2.05. The van der Waals surface area contributed by atoms with Crippen molar-refractivity contribution < 1.29 is 4.74 Å². The summed E-state index contributed by atoms with van der Waals surface area (Å²) in [7, 11) is 0. The van der Waals surface area contributed by atoms with E-state index in [1.165, 1.54) is 5.69 Å². The smallest absolute Gasteiger partial charge is 0.142 e. The number of hydrogen-bond donors (Lipinski definition) is 1. The third-order valence-corrected chi connectivity index (χ3v) is 2.97. The van der Waals surface area contributed by atoms with E-state index in [0.29, 0.717) is 0 Å². The molecule has 0 atom stereocenters. The van der Waals surface area contributed by atoms with Gasteiger partial charge in [0.25, 0.3) is 0 Å². The van der Waals surface area contributed by atoms with E-state index in [2.05, 4.69) is 21.8 Å². The molecule has 0 bridgehead atoms. The second kappa shape index (κ2) is 6.98. The predicted octanol–water partition coefficient (Wildman–Crippen LogP) is 3.69. The van der Waals surface area contributed by atoms with Crippen LogP contribution in [0.5, 0.6) is 5.75 Å². The molecule has 108 valence electrons. The van der Waals surface area contributed by atoms with Gasteiger partial charge in [-0.1, -0.05) is 19.1 Å². The Bertz CT molecular complexity index is 534. The summed E-state index contributed by atoms with van der Waals surface area (Å²) in [6.45, 7) is 7.99. The predicted molar refractivity (Wildman–Crippen MR) is 82.1 cm³/mol. The van der Waals surface area contributed by atoms with E-state index in [0.717, 1.165) is 30.9 Å². The van der Waals surface area contributed by atoms with Gasteiger partial charge in [-0.2, -0.15) is 0 Å². The summed E-state index contributed by atoms with van der Waals surface area (Å²) in [5, 5.41) is 3.43. The molecule has 0 saturated heterocycles. The molecule has 0 saturated carbocycles. The second-order valence-corrected chi connectivity index (χ2v) is 5.09.